The summed E-state index contributed by atoms with van der Waals surface area (Å²) in [7, 11) is 0. The highest BCUT2D eigenvalue weighted by Crippen LogP contribution is 2.30. The molecule has 3 nitrogen and oxygen atoms in total. The van der Waals surface area contributed by atoms with Gasteiger partial charge in [-0.3, -0.25) is 4.79 Å². The van der Waals surface area contributed by atoms with E-state index in [0.29, 0.717) is 11.7 Å². The number of rotatable bonds is 2. The third-order valence-corrected chi connectivity index (χ3v) is 5.75. The Morgan fingerprint density at radius 1 is 1.24 bits per heavy atom. The zero-order chi connectivity index (χ0) is 14.8. The molecule has 1 aromatic heterocycles. The van der Waals surface area contributed by atoms with Crippen molar-refractivity contribution < 1.29 is 9.90 Å². The van der Waals surface area contributed by atoms with Gasteiger partial charge in [0.15, 0.2) is 0 Å². The molecule has 1 amide bonds. The molecule has 0 bridgehead atoms. The first kappa shape index (κ1) is 14.8. The van der Waals surface area contributed by atoms with Crippen molar-refractivity contribution in [3.8, 4) is 5.75 Å². The van der Waals surface area contributed by atoms with E-state index in [2.05, 4.69) is 22.6 Å². The number of phenols is 1. The van der Waals surface area contributed by atoms with Gasteiger partial charge in [0.25, 0.3) is 5.91 Å². The maximum Gasteiger partial charge on any atom is 0.254 e. The minimum Gasteiger partial charge on any atom is -0.508 e. The van der Waals surface area contributed by atoms with Gasteiger partial charge in [-0.1, -0.05) is 12.1 Å². The molecule has 0 aliphatic carbocycles. The van der Waals surface area contributed by atoms with Crippen LogP contribution < -0.4 is 0 Å². The molecule has 110 valence electrons. The molecule has 5 heteroatoms. The first-order valence-electron chi connectivity index (χ1n) is 6.96. The fourth-order valence-electron chi connectivity index (χ4n) is 2.77. The lowest BCUT2D eigenvalue weighted by Gasteiger charge is -2.32. The van der Waals surface area contributed by atoms with Crippen LogP contribution in [0.5, 0.6) is 5.75 Å². The first-order valence-corrected chi connectivity index (χ1v) is 8.91. The fourth-order valence-corrected chi connectivity index (χ4v) is 4.09. The van der Waals surface area contributed by atoms with E-state index in [1.54, 1.807) is 23.5 Å². The van der Waals surface area contributed by atoms with E-state index >= 15 is 0 Å². The lowest BCUT2D eigenvalue weighted by molar-refractivity contribution is 0.0713. The number of hydrogen-bond acceptors (Lipinski definition) is 3. The highest BCUT2D eigenvalue weighted by atomic mass is 127. The van der Waals surface area contributed by atoms with E-state index in [-0.39, 0.29) is 5.91 Å². The van der Waals surface area contributed by atoms with Crippen molar-refractivity contribution in [1.29, 1.82) is 0 Å². The van der Waals surface area contributed by atoms with E-state index in [0.717, 1.165) is 34.4 Å². The Morgan fingerprint density at radius 2 is 1.90 bits per heavy atom. The van der Waals surface area contributed by atoms with Crippen LogP contribution in [0, 0.1) is 2.88 Å². The summed E-state index contributed by atoms with van der Waals surface area (Å²) in [6.07, 6.45) is 1.97. The van der Waals surface area contributed by atoms with E-state index in [9.17, 15) is 9.90 Å². The van der Waals surface area contributed by atoms with Crippen molar-refractivity contribution in [2.45, 2.75) is 18.8 Å². The smallest absolute Gasteiger partial charge is 0.254 e. The SMILES string of the molecule is O=C(c1csc(I)c1)N1CCC(c2ccc(O)cc2)CC1. The third kappa shape index (κ3) is 3.40. The molecule has 2 heterocycles. The molecule has 3 rings (SSSR count). The first-order chi connectivity index (χ1) is 10.1. The van der Waals surface area contributed by atoms with Crippen LogP contribution in [0.1, 0.15) is 34.7 Å². The zero-order valence-electron chi connectivity index (χ0n) is 11.5. The average molecular weight is 413 g/mol. The lowest BCUT2D eigenvalue weighted by atomic mass is 9.89. The number of phenolic OH excluding ortho intramolecular Hbond substituents is 1. The van der Waals surface area contributed by atoms with Gasteiger partial charge in [-0.25, -0.2) is 0 Å². The molecular weight excluding hydrogens is 397 g/mol. The zero-order valence-corrected chi connectivity index (χ0v) is 14.4. The van der Waals surface area contributed by atoms with Crippen molar-refractivity contribution in [2.75, 3.05) is 13.1 Å². The van der Waals surface area contributed by atoms with Gasteiger partial charge in [0.1, 0.15) is 5.75 Å². The number of amides is 1. The van der Waals surface area contributed by atoms with E-state index < -0.39 is 0 Å². The molecule has 1 aromatic carbocycles. The maximum absolute atomic E-state index is 12.4. The number of halogens is 1. The summed E-state index contributed by atoms with van der Waals surface area (Å²) in [5, 5.41) is 11.3. The quantitative estimate of drug-likeness (QED) is 0.754. The molecule has 2 aromatic rings. The molecule has 0 atom stereocenters. The molecular formula is C16H16INO2S. The van der Waals surface area contributed by atoms with Crippen LogP contribution in [0.3, 0.4) is 0 Å². The Labute approximate surface area is 141 Å². The Hall–Kier alpha value is -1.08. The minimum atomic E-state index is 0.151. The topological polar surface area (TPSA) is 40.5 Å². The van der Waals surface area contributed by atoms with Crippen molar-refractivity contribution in [1.82, 2.24) is 4.90 Å². The van der Waals surface area contributed by atoms with Crippen LogP contribution >= 0.6 is 33.9 Å². The van der Waals surface area contributed by atoms with Crippen LogP contribution in [0.15, 0.2) is 35.7 Å². The van der Waals surface area contributed by atoms with Gasteiger partial charge in [0.05, 0.1) is 8.45 Å². The summed E-state index contributed by atoms with van der Waals surface area (Å²) < 4.78 is 1.15. The predicted molar refractivity (Wildman–Crippen MR) is 93.0 cm³/mol. The van der Waals surface area contributed by atoms with E-state index in [1.807, 2.05) is 28.5 Å². The third-order valence-electron chi connectivity index (χ3n) is 3.96. The second kappa shape index (κ2) is 6.36. The summed E-state index contributed by atoms with van der Waals surface area (Å²) >= 11 is 3.86. The maximum atomic E-state index is 12.4. The highest BCUT2D eigenvalue weighted by molar-refractivity contribution is 14.1. The van der Waals surface area contributed by atoms with Crippen LogP contribution in [0.2, 0.25) is 0 Å². The molecule has 1 saturated heterocycles. The normalized spacial score (nSPS) is 16.1. The molecule has 21 heavy (non-hydrogen) atoms. The molecule has 0 spiro atoms. The van der Waals surface area contributed by atoms with Crippen LogP contribution in [0.4, 0.5) is 0 Å². The number of carbonyl (C=O) groups is 1. The number of nitrogens with zero attached hydrogens (tertiary/aromatic N) is 1. The van der Waals surface area contributed by atoms with Gasteiger partial charge in [0.2, 0.25) is 0 Å². The fraction of sp³-hybridized carbons (Fsp3) is 0.312. The number of aromatic hydroxyl groups is 1. The highest BCUT2D eigenvalue weighted by Gasteiger charge is 2.25. The van der Waals surface area contributed by atoms with E-state index in [1.165, 1.54) is 5.56 Å². The number of piperidine rings is 1. The second-order valence-corrected chi connectivity index (χ2v) is 8.10. The van der Waals surface area contributed by atoms with Crippen molar-refractivity contribution >= 4 is 39.8 Å². The van der Waals surface area contributed by atoms with Gasteiger partial charge < -0.3 is 10.0 Å². The molecule has 1 aliphatic heterocycles. The second-order valence-electron chi connectivity index (χ2n) is 5.30. The molecule has 1 N–H and O–H groups in total. The number of carbonyl (C=O) groups excluding carboxylic acids is 1. The summed E-state index contributed by atoms with van der Waals surface area (Å²) in [6, 6.07) is 9.40. The van der Waals surface area contributed by atoms with Crippen molar-refractivity contribution in [2.24, 2.45) is 0 Å². The number of hydrogen-bond donors (Lipinski definition) is 1. The Kier molecular flexibility index (Phi) is 4.49. The average Bonchev–Trinajstić information content (AvgIpc) is 2.94. The molecule has 1 fully saturated rings. The van der Waals surface area contributed by atoms with Crippen molar-refractivity contribution in [3.63, 3.8) is 0 Å². The van der Waals surface area contributed by atoms with Crippen LogP contribution in [-0.4, -0.2) is 29.0 Å². The standard InChI is InChI=1S/C16H16INO2S/c17-15-9-13(10-21-15)16(20)18-7-5-12(6-8-18)11-1-3-14(19)4-2-11/h1-4,9-10,12,19H,5-8H2. The van der Waals surface area contributed by atoms with Crippen LogP contribution in [-0.2, 0) is 0 Å². The van der Waals surface area contributed by atoms with Gasteiger partial charge in [-0.2, -0.15) is 0 Å². The minimum absolute atomic E-state index is 0.151. The van der Waals surface area contributed by atoms with Gasteiger partial charge in [-0.15, -0.1) is 11.3 Å². The number of likely N-dealkylation sites (tertiary alicyclic amines) is 1. The Bertz CT molecular complexity index is 630. The van der Waals surface area contributed by atoms with Gasteiger partial charge in [-0.05, 0) is 65.1 Å². The van der Waals surface area contributed by atoms with Gasteiger partial charge >= 0.3 is 0 Å². The predicted octanol–water partition coefficient (Wildman–Crippen LogP) is 4.08. The molecule has 0 unspecified atom stereocenters. The van der Waals surface area contributed by atoms with Crippen LogP contribution in [0.25, 0.3) is 0 Å². The van der Waals surface area contributed by atoms with Crippen molar-refractivity contribution in [3.05, 3.63) is 49.7 Å². The lowest BCUT2D eigenvalue weighted by Crippen LogP contribution is -2.37. The molecule has 0 saturated carbocycles. The molecule has 0 radical (unpaired) electrons. The number of thiophene rings is 1. The molecule has 1 aliphatic rings. The largest absolute Gasteiger partial charge is 0.508 e. The van der Waals surface area contributed by atoms with Gasteiger partial charge in [0, 0.05) is 18.5 Å². The Balaban J connectivity index is 1.62. The van der Waals surface area contributed by atoms with E-state index in [4.69, 9.17) is 0 Å². The number of benzene rings is 1. The summed E-state index contributed by atoms with van der Waals surface area (Å²) in [5.41, 5.74) is 2.07. The monoisotopic (exact) mass is 413 g/mol. The summed E-state index contributed by atoms with van der Waals surface area (Å²) in [4.78, 5) is 14.4. The summed E-state index contributed by atoms with van der Waals surface area (Å²) in [5.74, 6) is 0.939. The summed E-state index contributed by atoms with van der Waals surface area (Å²) in [6.45, 7) is 1.60. The Morgan fingerprint density at radius 3 is 2.48 bits per heavy atom.